The third kappa shape index (κ3) is 4.85. The van der Waals surface area contributed by atoms with E-state index in [1.54, 1.807) is 24.3 Å². The van der Waals surface area contributed by atoms with Crippen LogP contribution < -0.4 is 15.4 Å². The van der Waals surface area contributed by atoms with Gasteiger partial charge in [-0.3, -0.25) is 9.59 Å². The van der Waals surface area contributed by atoms with Gasteiger partial charge in [0, 0.05) is 17.3 Å². The average Bonchev–Trinajstić information content (AvgIpc) is 3.43. The average molecular weight is 352 g/mol. The SMILES string of the molecule is Cc1cccc(OCCC(=O)Nc2ccc(C(=O)NC3CC3)cc2)c1C. The Morgan fingerprint density at radius 1 is 1.08 bits per heavy atom. The summed E-state index contributed by atoms with van der Waals surface area (Å²) in [6.45, 7) is 4.35. The van der Waals surface area contributed by atoms with Crippen molar-refractivity contribution in [2.75, 3.05) is 11.9 Å². The minimum Gasteiger partial charge on any atom is -0.493 e. The number of benzene rings is 2. The molecule has 3 rings (SSSR count). The number of anilines is 1. The summed E-state index contributed by atoms with van der Waals surface area (Å²) in [5.41, 5.74) is 3.53. The Balaban J connectivity index is 1.45. The molecule has 2 amide bonds. The molecule has 0 saturated heterocycles. The minimum atomic E-state index is -0.120. The van der Waals surface area contributed by atoms with Gasteiger partial charge in [-0.25, -0.2) is 0 Å². The zero-order valence-electron chi connectivity index (χ0n) is 15.2. The van der Waals surface area contributed by atoms with Crippen LogP contribution in [-0.4, -0.2) is 24.5 Å². The molecule has 136 valence electrons. The highest BCUT2D eigenvalue weighted by Crippen LogP contribution is 2.21. The van der Waals surface area contributed by atoms with Gasteiger partial charge in [-0.15, -0.1) is 0 Å². The van der Waals surface area contributed by atoms with E-state index in [0.717, 1.165) is 29.7 Å². The highest BCUT2D eigenvalue weighted by atomic mass is 16.5. The summed E-state index contributed by atoms with van der Waals surface area (Å²) < 4.78 is 5.71. The van der Waals surface area contributed by atoms with Gasteiger partial charge in [0.05, 0.1) is 13.0 Å². The molecule has 0 atom stereocenters. The zero-order valence-corrected chi connectivity index (χ0v) is 15.2. The van der Waals surface area contributed by atoms with E-state index in [1.165, 1.54) is 0 Å². The number of nitrogens with one attached hydrogen (secondary N) is 2. The second-order valence-corrected chi connectivity index (χ2v) is 6.67. The number of rotatable bonds is 7. The maximum Gasteiger partial charge on any atom is 0.251 e. The summed E-state index contributed by atoms with van der Waals surface area (Å²) in [5, 5.41) is 5.76. The van der Waals surface area contributed by atoms with Crippen molar-refractivity contribution in [2.45, 2.75) is 39.2 Å². The fourth-order valence-electron chi connectivity index (χ4n) is 2.56. The molecule has 1 aliphatic carbocycles. The molecule has 0 radical (unpaired) electrons. The van der Waals surface area contributed by atoms with E-state index in [0.29, 0.717) is 23.9 Å². The summed E-state index contributed by atoms with van der Waals surface area (Å²) in [7, 11) is 0. The maximum atomic E-state index is 12.1. The summed E-state index contributed by atoms with van der Waals surface area (Å²) in [5.74, 6) is 0.626. The highest BCUT2D eigenvalue weighted by molar-refractivity contribution is 5.96. The Bertz CT molecular complexity index is 795. The lowest BCUT2D eigenvalue weighted by Gasteiger charge is -2.11. The predicted octanol–water partition coefficient (Wildman–Crippen LogP) is 3.60. The van der Waals surface area contributed by atoms with E-state index < -0.39 is 0 Å². The molecule has 0 aromatic heterocycles. The topological polar surface area (TPSA) is 67.4 Å². The van der Waals surface area contributed by atoms with Crippen LogP contribution in [0.2, 0.25) is 0 Å². The standard InChI is InChI=1S/C21H24N2O3/c1-14-4-3-5-19(15(14)2)26-13-12-20(24)22-17-8-6-16(7-9-17)21(25)23-18-10-11-18/h3-9,18H,10-13H2,1-2H3,(H,22,24)(H,23,25). The zero-order chi connectivity index (χ0) is 18.5. The van der Waals surface area contributed by atoms with Crippen molar-refractivity contribution in [3.63, 3.8) is 0 Å². The molecule has 0 spiro atoms. The van der Waals surface area contributed by atoms with Gasteiger partial charge in [0.25, 0.3) is 5.91 Å². The number of carbonyl (C=O) groups excluding carboxylic acids is 2. The Morgan fingerprint density at radius 3 is 2.50 bits per heavy atom. The number of carbonyl (C=O) groups is 2. The molecule has 0 heterocycles. The molecule has 5 heteroatoms. The molecule has 2 aromatic rings. The van der Waals surface area contributed by atoms with Gasteiger partial charge >= 0.3 is 0 Å². The summed E-state index contributed by atoms with van der Waals surface area (Å²) in [6, 6.07) is 13.1. The van der Waals surface area contributed by atoms with Crippen LogP contribution in [0, 0.1) is 13.8 Å². The van der Waals surface area contributed by atoms with E-state index >= 15 is 0 Å². The van der Waals surface area contributed by atoms with Gasteiger partial charge in [0.1, 0.15) is 5.75 Å². The van der Waals surface area contributed by atoms with Crippen molar-refractivity contribution in [2.24, 2.45) is 0 Å². The molecular weight excluding hydrogens is 328 g/mol. The van der Waals surface area contributed by atoms with Gasteiger partial charge in [-0.05, 0) is 68.1 Å². The van der Waals surface area contributed by atoms with Crippen LogP contribution in [0.15, 0.2) is 42.5 Å². The molecule has 0 aliphatic heterocycles. The first kappa shape index (κ1) is 18.0. The van der Waals surface area contributed by atoms with Gasteiger partial charge in [0.15, 0.2) is 0 Å². The van der Waals surface area contributed by atoms with E-state index in [2.05, 4.69) is 10.6 Å². The van der Waals surface area contributed by atoms with Gasteiger partial charge in [0.2, 0.25) is 5.91 Å². The Labute approximate surface area is 153 Å². The van der Waals surface area contributed by atoms with Crippen LogP contribution in [0.5, 0.6) is 5.75 Å². The lowest BCUT2D eigenvalue weighted by Crippen LogP contribution is -2.25. The Hall–Kier alpha value is -2.82. The summed E-state index contributed by atoms with van der Waals surface area (Å²) >= 11 is 0. The highest BCUT2D eigenvalue weighted by Gasteiger charge is 2.23. The second kappa shape index (κ2) is 8.04. The molecular formula is C21H24N2O3. The van der Waals surface area contributed by atoms with Crippen LogP contribution in [0.1, 0.15) is 40.7 Å². The van der Waals surface area contributed by atoms with E-state index in [9.17, 15) is 9.59 Å². The third-order valence-electron chi connectivity index (χ3n) is 4.49. The largest absolute Gasteiger partial charge is 0.493 e. The first-order valence-corrected chi connectivity index (χ1v) is 8.93. The molecule has 0 bridgehead atoms. The first-order chi connectivity index (χ1) is 12.5. The van der Waals surface area contributed by atoms with Gasteiger partial charge in [-0.1, -0.05) is 12.1 Å². The van der Waals surface area contributed by atoms with Crippen LogP contribution in [0.3, 0.4) is 0 Å². The van der Waals surface area contributed by atoms with E-state index in [1.807, 2.05) is 32.0 Å². The number of aryl methyl sites for hydroxylation is 1. The summed E-state index contributed by atoms with van der Waals surface area (Å²) in [6.07, 6.45) is 2.38. The molecule has 1 saturated carbocycles. The van der Waals surface area contributed by atoms with Crippen LogP contribution in [0.25, 0.3) is 0 Å². The fourth-order valence-corrected chi connectivity index (χ4v) is 2.56. The second-order valence-electron chi connectivity index (χ2n) is 6.67. The van der Waals surface area contributed by atoms with Crippen LogP contribution >= 0.6 is 0 Å². The monoisotopic (exact) mass is 352 g/mol. The molecule has 5 nitrogen and oxygen atoms in total. The van der Waals surface area contributed by atoms with Crippen LogP contribution in [0.4, 0.5) is 5.69 Å². The molecule has 2 aromatic carbocycles. The van der Waals surface area contributed by atoms with Gasteiger partial charge in [-0.2, -0.15) is 0 Å². The van der Waals surface area contributed by atoms with Crippen LogP contribution in [-0.2, 0) is 4.79 Å². The van der Waals surface area contributed by atoms with Crippen molar-refractivity contribution in [3.05, 3.63) is 59.2 Å². The normalized spacial score (nSPS) is 13.2. The maximum absolute atomic E-state index is 12.1. The van der Waals surface area contributed by atoms with Crippen molar-refractivity contribution >= 4 is 17.5 Å². The van der Waals surface area contributed by atoms with Crippen molar-refractivity contribution in [1.29, 1.82) is 0 Å². The molecule has 0 unspecified atom stereocenters. The summed E-state index contributed by atoms with van der Waals surface area (Å²) in [4.78, 5) is 24.0. The van der Waals surface area contributed by atoms with Gasteiger partial charge < -0.3 is 15.4 Å². The lowest BCUT2D eigenvalue weighted by atomic mass is 10.1. The quantitative estimate of drug-likeness (QED) is 0.800. The van der Waals surface area contributed by atoms with E-state index in [4.69, 9.17) is 4.74 Å². The number of hydrogen-bond donors (Lipinski definition) is 2. The minimum absolute atomic E-state index is 0.0627. The lowest BCUT2D eigenvalue weighted by molar-refractivity contribution is -0.116. The fraction of sp³-hybridized carbons (Fsp3) is 0.333. The molecule has 1 fully saturated rings. The van der Waals surface area contributed by atoms with Crippen molar-refractivity contribution in [1.82, 2.24) is 5.32 Å². The Kier molecular flexibility index (Phi) is 5.56. The molecule has 26 heavy (non-hydrogen) atoms. The third-order valence-corrected chi connectivity index (χ3v) is 4.49. The first-order valence-electron chi connectivity index (χ1n) is 8.93. The number of hydrogen-bond acceptors (Lipinski definition) is 3. The number of ether oxygens (including phenoxy) is 1. The smallest absolute Gasteiger partial charge is 0.251 e. The molecule has 1 aliphatic rings. The van der Waals surface area contributed by atoms with Crippen molar-refractivity contribution in [3.8, 4) is 5.75 Å². The van der Waals surface area contributed by atoms with E-state index in [-0.39, 0.29) is 18.2 Å². The molecule has 2 N–H and O–H groups in total. The Morgan fingerprint density at radius 2 is 1.81 bits per heavy atom. The predicted molar refractivity (Wildman–Crippen MR) is 102 cm³/mol. The number of amides is 2. The van der Waals surface area contributed by atoms with Crippen molar-refractivity contribution < 1.29 is 14.3 Å².